The number of carbonyl (C=O) groups excluding carboxylic acids is 1. The van der Waals surface area contributed by atoms with E-state index in [-0.39, 0.29) is 6.61 Å². The number of carboxylic acids is 1. The monoisotopic (exact) mass is 221 g/mol. The molecule has 0 unspecified atom stereocenters. The van der Waals surface area contributed by atoms with Crippen LogP contribution in [-0.2, 0) is 21.0 Å². The summed E-state index contributed by atoms with van der Waals surface area (Å²) < 4.78 is 0. The molecular weight excluding hydrogens is 210 g/mol. The van der Waals surface area contributed by atoms with Crippen molar-refractivity contribution in [2.75, 3.05) is 0 Å². The number of hydrogen-bond donors (Lipinski definition) is 2. The number of carbonyl (C=O) groups is 2. The zero-order valence-electron chi connectivity index (χ0n) is 8.42. The van der Waals surface area contributed by atoms with E-state index in [1.165, 1.54) is 0 Å². The number of aliphatic carboxylic acids is 1. The van der Waals surface area contributed by atoms with E-state index in [0.29, 0.717) is 0 Å². The average molecular weight is 221 g/mol. The lowest BCUT2D eigenvalue weighted by Gasteiger charge is -2.02. The van der Waals surface area contributed by atoms with Crippen molar-refractivity contribution >= 4 is 11.9 Å². The van der Waals surface area contributed by atoms with E-state index in [4.69, 9.17) is 9.94 Å². The molecule has 0 spiro atoms. The Bertz CT molecular complexity index is 386. The van der Waals surface area contributed by atoms with Crippen LogP contribution in [0.3, 0.4) is 0 Å². The molecule has 0 aliphatic heterocycles. The fourth-order valence-electron chi connectivity index (χ4n) is 0.946. The highest BCUT2D eigenvalue weighted by Crippen LogP contribution is 1.98. The minimum absolute atomic E-state index is 0.230. The van der Waals surface area contributed by atoms with E-state index in [1.807, 2.05) is 30.3 Å². The third kappa shape index (κ3) is 4.92. The summed E-state index contributed by atoms with van der Waals surface area (Å²) in [6.45, 7) is 0.230. The van der Waals surface area contributed by atoms with Crippen LogP contribution in [0.15, 0.2) is 42.5 Å². The highest BCUT2D eigenvalue weighted by Gasteiger charge is 1.97. The van der Waals surface area contributed by atoms with Crippen LogP contribution in [0.5, 0.6) is 0 Å². The molecule has 0 atom stereocenters. The van der Waals surface area contributed by atoms with Crippen molar-refractivity contribution in [2.24, 2.45) is 0 Å². The Morgan fingerprint density at radius 2 is 1.94 bits per heavy atom. The van der Waals surface area contributed by atoms with Crippen LogP contribution in [0.1, 0.15) is 5.56 Å². The maximum absolute atomic E-state index is 11.0. The molecule has 0 bridgehead atoms. The van der Waals surface area contributed by atoms with Gasteiger partial charge in [-0.15, -0.1) is 0 Å². The minimum Gasteiger partial charge on any atom is -0.478 e. The molecule has 0 saturated heterocycles. The van der Waals surface area contributed by atoms with Crippen molar-refractivity contribution in [3.63, 3.8) is 0 Å². The van der Waals surface area contributed by atoms with Crippen LogP contribution in [0.2, 0.25) is 0 Å². The third-order valence-electron chi connectivity index (χ3n) is 1.63. The number of rotatable bonds is 5. The van der Waals surface area contributed by atoms with Crippen molar-refractivity contribution < 1.29 is 19.5 Å². The normalized spacial score (nSPS) is 10.2. The summed E-state index contributed by atoms with van der Waals surface area (Å²) in [5, 5.41) is 8.26. The van der Waals surface area contributed by atoms with Crippen molar-refractivity contribution in [3.8, 4) is 0 Å². The van der Waals surface area contributed by atoms with Gasteiger partial charge in [0.25, 0.3) is 5.91 Å². The van der Waals surface area contributed by atoms with E-state index in [1.54, 1.807) is 0 Å². The molecule has 16 heavy (non-hydrogen) atoms. The van der Waals surface area contributed by atoms with E-state index in [0.717, 1.165) is 17.7 Å². The number of nitrogens with one attached hydrogen (secondary N) is 1. The van der Waals surface area contributed by atoms with Gasteiger partial charge in [0.1, 0.15) is 0 Å². The van der Waals surface area contributed by atoms with Crippen LogP contribution in [0, 0.1) is 0 Å². The van der Waals surface area contributed by atoms with Gasteiger partial charge in [-0.05, 0) is 5.56 Å². The van der Waals surface area contributed by atoms with Gasteiger partial charge in [-0.3, -0.25) is 9.63 Å². The summed E-state index contributed by atoms with van der Waals surface area (Å²) >= 11 is 0. The van der Waals surface area contributed by atoms with Gasteiger partial charge in [0.2, 0.25) is 0 Å². The van der Waals surface area contributed by atoms with Crippen LogP contribution >= 0.6 is 0 Å². The van der Waals surface area contributed by atoms with Crippen LogP contribution in [-0.4, -0.2) is 17.0 Å². The number of amides is 1. The number of benzene rings is 1. The quantitative estimate of drug-likeness (QED) is 0.571. The number of hydroxylamine groups is 1. The maximum atomic E-state index is 11.0. The molecule has 1 amide bonds. The fourth-order valence-corrected chi connectivity index (χ4v) is 0.946. The molecule has 1 aromatic carbocycles. The molecule has 0 aliphatic rings. The van der Waals surface area contributed by atoms with Crippen LogP contribution in [0.25, 0.3) is 0 Å². The summed E-state index contributed by atoms with van der Waals surface area (Å²) in [4.78, 5) is 25.9. The van der Waals surface area contributed by atoms with E-state index in [2.05, 4.69) is 5.48 Å². The minimum atomic E-state index is -1.18. The predicted molar refractivity (Wildman–Crippen MR) is 56.1 cm³/mol. The average Bonchev–Trinajstić information content (AvgIpc) is 2.28. The first-order valence-electron chi connectivity index (χ1n) is 4.55. The lowest BCUT2D eigenvalue weighted by molar-refractivity contribution is -0.133. The Morgan fingerprint density at radius 1 is 1.25 bits per heavy atom. The van der Waals surface area contributed by atoms with Gasteiger partial charge < -0.3 is 5.11 Å². The first kappa shape index (κ1) is 11.9. The summed E-state index contributed by atoms with van der Waals surface area (Å²) in [6.07, 6.45) is 1.62. The molecule has 0 heterocycles. The molecule has 0 saturated carbocycles. The first-order valence-corrected chi connectivity index (χ1v) is 4.55. The van der Waals surface area contributed by atoms with Gasteiger partial charge in [0.05, 0.1) is 6.61 Å². The molecule has 1 rings (SSSR count). The second kappa shape index (κ2) is 6.36. The van der Waals surface area contributed by atoms with Gasteiger partial charge in [0.15, 0.2) is 0 Å². The van der Waals surface area contributed by atoms with Gasteiger partial charge in [-0.1, -0.05) is 30.3 Å². The summed E-state index contributed by atoms with van der Waals surface area (Å²) in [7, 11) is 0. The SMILES string of the molecule is O=C(O)/C=C/C(=O)NOCc1ccccc1. The molecular formula is C11H11NO4. The van der Waals surface area contributed by atoms with Gasteiger partial charge in [-0.2, -0.15) is 0 Å². The van der Waals surface area contributed by atoms with Crippen LogP contribution in [0.4, 0.5) is 0 Å². The van der Waals surface area contributed by atoms with Crippen molar-refractivity contribution in [3.05, 3.63) is 48.0 Å². The Balaban J connectivity index is 2.26. The Hall–Kier alpha value is -2.14. The standard InChI is InChI=1S/C11H11NO4/c13-10(6-7-11(14)15)12-16-8-9-4-2-1-3-5-9/h1-7H,8H2,(H,12,13)(H,14,15)/b7-6+. The Labute approximate surface area is 92.3 Å². The van der Waals surface area contributed by atoms with Gasteiger partial charge in [-0.25, -0.2) is 10.3 Å². The van der Waals surface area contributed by atoms with E-state index in [9.17, 15) is 9.59 Å². The molecule has 0 aliphatic carbocycles. The zero-order valence-corrected chi connectivity index (χ0v) is 8.42. The van der Waals surface area contributed by atoms with Crippen molar-refractivity contribution in [1.29, 1.82) is 0 Å². The van der Waals surface area contributed by atoms with Crippen molar-refractivity contribution in [2.45, 2.75) is 6.61 Å². The third-order valence-corrected chi connectivity index (χ3v) is 1.63. The predicted octanol–water partition coefficient (Wildman–Crippen LogP) is 0.875. The van der Waals surface area contributed by atoms with Gasteiger partial charge >= 0.3 is 5.97 Å². The number of carboxylic acid groups (broad SMARTS) is 1. The molecule has 84 valence electrons. The topological polar surface area (TPSA) is 75.6 Å². The molecule has 2 N–H and O–H groups in total. The zero-order chi connectivity index (χ0) is 11.8. The summed E-state index contributed by atoms with van der Waals surface area (Å²) in [5.74, 6) is -1.79. The molecule has 0 fully saturated rings. The summed E-state index contributed by atoms with van der Waals surface area (Å²) in [5.41, 5.74) is 3.00. The lowest BCUT2D eigenvalue weighted by Crippen LogP contribution is -2.21. The highest BCUT2D eigenvalue weighted by atomic mass is 16.6. The number of hydrogen-bond acceptors (Lipinski definition) is 3. The molecule has 0 aromatic heterocycles. The Morgan fingerprint density at radius 3 is 2.56 bits per heavy atom. The largest absolute Gasteiger partial charge is 0.478 e. The molecule has 0 radical (unpaired) electrons. The highest BCUT2D eigenvalue weighted by molar-refractivity contribution is 5.93. The Kier molecular flexibility index (Phi) is 4.75. The van der Waals surface area contributed by atoms with E-state index < -0.39 is 11.9 Å². The van der Waals surface area contributed by atoms with Crippen molar-refractivity contribution in [1.82, 2.24) is 5.48 Å². The molecule has 1 aromatic rings. The smallest absolute Gasteiger partial charge is 0.328 e. The maximum Gasteiger partial charge on any atom is 0.328 e. The molecule has 5 nitrogen and oxygen atoms in total. The fraction of sp³-hybridized carbons (Fsp3) is 0.0909. The van der Waals surface area contributed by atoms with E-state index >= 15 is 0 Å². The first-order chi connectivity index (χ1) is 7.68. The second-order valence-corrected chi connectivity index (χ2v) is 2.91. The second-order valence-electron chi connectivity index (χ2n) is 2.91. The van der Waals surface area contributed by atoms with Crippen LogP contribution < -0.4 is 5.48 Å². The lowest BCUT2D eigenvalue weighted by atomic mass is 10.2. The molecule has 5 heteroatoms. The van der Waals surface area contributed by atoms with Gasteiger partial charge in [0, 0.05) is 12.2 Å². The summed E-state index contributed by atoms with van der Waals surface area (Å²) in [6, 6.07) is 9.27.